The maximum absolute atomic E-state index is 12.4. The van der Waals surface area contributed by atoms with Gasteiger partial charge in [0.05, 0.1) is 4.92 Å². The van der Waals surface area contributed by atoms with E-state index in [1.807, 2.05) is 18.2 Å². The Labute approximate surface area is 211 Å². The summed E-state index contributed by atoms with van der Waals surface area (Å²) in [5, 5.41) is 16.4. The maximum atomic E-state index is 12.4. The van der Waals surface area contributed by atoms with Crippen LogP contribution in [0.25, 0.3) is 22.6 Å². The molecular formula is C25H21ClN4O4S. The van der Waals surface area contributed by atoms with Crippen molar-refractivity contribution in [3.05, 3.63) is 86.9 Å². The van der Waals surface area contributed by atoms with Gasteiger partial charge in [0.15, 0.2) is 10.7 Å². The van der Waals surface area contributed by atoms with Crippen LogP contribution >= 0.6 is 23.8 Å². The number of oxazole rings is 1. The molecule has 0 bridgehead atoms. The highest BCUT2D eigenvalue weighted by Gasteiger charge is 2.17. The fourth-order valence-electron chi connectivity index (χ4n) is 3.44. The molecule has 1 atom stereocenters. The average molecular weight is 509 g/mol. The number of hydrogen-bond donors (Lipinski definition) is 2. The third-order valence-electron chi connectivity index (χ3n) is 5.61. The lowest BCUT2D eigenvalue weighted by Gasteiger charge is -2.10. The van der Waals surface area contributed by atoms with Crippen molar-refractivity contribution in [1.82, 2.24) is 10.3 Å². The highest BCUT2D eigenvalue weighted by molar-refractivity contribution is 7.80. The molecule has 1 amide bonds. The molecule has 0 aliphatic rings. The van der Waals surface area contributed by atoms with E-state index in [2.05, 4.69) is 41.6 Å². The lowest BCUT2D eigenvalue weighted by Crippen LogP contribution is -2.34. The predicted octanol–water partition coefficient (Wildman–Crippen LogP) is 6.70. The Morgan fingerprint density at radius 2 is 1.91 bits per heavy atom. The number of nitrogens with zero attached hydrogens (tertiary/aromatic N) is 2. The fourth-order valence-corrected chi connectivity index (χ4v) is 3.83. The Balaban J connectivity index is 1.43. The van der Waals surface area contributed by atoms with Crippen LogP contribution in [0.1, 0.15) is 42.1 Å². The van der Waals surface area contributed by atoms with Crippen LogP contribution < -0.4 is 10.6 Å². The van der Waals surface area contributed by atoms with Crippen molar-refractivity contribution in [3.8, 4) is 11.5 Å². The van der Waals surface area contributed by atoms with Gasteiger partial charge in [0.2, 0.25) is 5.89 Å². The van der Waals surface area contributed by atoms with Gasteiger partial charge in [0.1, 0.15) is 10.5 Å². The van der Waals surface area contributed by atoms with Crippen LogP contribution in [0.2, 0.25) is 5.02 Å². The number of carbonyl (C=O) groups excluding carboxylic acids is 1. The van der Waals surface area contributed by atoms with E-state index in [0.717, 1.165) is 29.2 Å². The minimum absolute atomic E-state index is 0.0415. The summed E-state index contributed by atoms with van der Waals surface area (Å²) in [4.78, 5) is 27.4. The Morgan fingerprint density at radius 3 is 2.60 bits per heavy atom. The quantitative estimate of drug-likeness (QED) is 0.169. The summed E-state index contributed by atoms with van der Waals surface area (Å²) < 4.78 is 5.91. The third kappa shape index (κ3) is 5.47. The second kappa shape index (κ2) is 10.2. The molecule has 4 rings (SSSR count). The van der Waals surface area contributed by atoms with E-state index in [1.54, 1.807) is 12.1 Å². The smallest absolute Gasteiger partial charge is 0.288 e. The summed E-state index contributed by atoms with van der Waals surface area (Å²) in [6.45, 7) is 4.33. The number of nitrogens with one attached hydrogen (secondary N) is 2. The first-order valence-electron chi connectivity index (χ1n) is 10.8. The number of halogens is 1. The molecule has 0 fully saturated rings. The molecule has 1 aromatic heterocycles. The zero-order valence-corrected chi connectivity index (χ0v) is 20.4. The highest BCUT2D eigenvalue weighted by atomic mass is 35.5. The molecule has 0 saturated heterocycles. The van der Waals surface area contributed by atoms with Crippen molar-refractivity contribution < 1.29 is 14.1 Å². The van der Waals surface area contributed by atoms with Crippen LogP contribution in [-0.4, -0.2) is 20.9 Å². The van der Waals surface area contributed by atoms with Gasteiger partial charge in [-0.2, -0.15) is 0 Å². The van der Waals surface area contributed by atoms with Crippen LogP contribution in [0.15, 0.2) is 65.1 Å². The Hall–Kier alpha value is -3.82. The summed E-state index contributed by atoms with van der Waals surface area (Å²) in [5.41, 5.74) is 3.89. The minimum atomic E-state index is -0.654. The van der Waals surface area contributed by atoms with E-state index in [1.165, 1.54) is 17.7 Å². The van der Waals surface area contributed by atoms with Crippen molar-refractivity contribution in [2.45, 2.75) is 26.2 Å². The number of anilines is 1. The van der Waals surface area contributed by atoms with E-state index in [4.69, 9.17) is 28.2 Å². The molecule has 0 unspecified atom stereocenters. The predicted molar refractivity (Wildman–Crippen MR) is 140 cm³/mol. The fraction of sp³-hybridized carbons (Fsp3) is 0.160. The summed E-state index contributed by atoms with van der Waals surface area (Å²) in [7, 11) is 0. The first-order chi connectivity index (χ1) is 16.7. The number of hydrogen-bond acceptors (Lipinski definition) is 6. The molecule has 0 spiro atoms. The number of amides is 1. The van der Waals surface area contributed by atoms with E-state index >= 15 is 0 Å². The Morgan fingerprint density at radius 1 is 1.17 bits per heavy atom. The molecule has 178 valence electrons. The molecule has 0 aliphatic heterocycles. The van der Waals surface area contributed by atoms with Crippen LogP contribution in [0, 0.1) is 10.1 Å². The van der Waals surface area contributed by atoms with Gasteiger partial charge < -0.3 is 9.73 Å². The molecule has 35 heavy (non-hydrogen) atoms. The largest absolute Gasteiger partial charge is 0.436 e. The molecule has 1 heterocycles. The SMILES string of the molecule is CC[C@@H](C)c1ccc2oc(-c3ccc(NC(=S)NC(=O)c4ccc(Cl)c([N+](=O)[O-])c4)cc3)nc2c1. The van der Waals surface area contributed by atoms with Gasteiger partial charge in [0.25, 0.3) is 11.6 Å². The molecule has 0 saturated carbocycles. The first kappa shape index (κ1) is 24.3. The number of thiocarbonyl (C=S) groups is 1. The van der Waals surface area contributed by atoms with E-state index in [0.29, 0.717) is 17.5 Å². The summed E-state index contributed by atoms with van der Waals surface area (Å²) in [6, 6.07) is 17.1. The topological polar surface area (TPSA) is 110 Å². The lowest BCUT2D eigenvalue weighted by atomic mass is 9.98. The summed E-state index contributed by atoms with van der Waals surface area (Å²) >= 11 is 11.0. The van der Waals surface area contributed by atoms with Gasteiger partial charge in [-0.25, -0.2) is 4.98 Å². The van der Waals surface area contributed by atoms with Crippen molar-refractivity contribution in [1.29, 1.82) is 0 Å². The summed E-state index contributed by atoms with van der Waals surface area (Å²) in [6.07, 6.45) is 1.05. The van der Waals surface area contributed by atoms with Crippen LogP contribution in [0.3, 0.4) is 0 Å². The van der Waals surface area contributed by atoms with Gasteiger partial charge in [-0.15, -0.1) is 0 Å². The molecule has 10 heteroatoms. The van der Waals surface area contributed by atoms with E-state index in [-0.39, 0.29) is 21.4 Å². The van der Waals surface area contributed by atoms with Gasteiger partial charge in [-0.05, 0) is 78.7 Å². The molecule has 2 N–H and O–H groups in total. The highest BCUT2D eigenvalue weighted by Crippen LogP contribution is 2.29. The average Bonchev–Trinajstić information content (AvgIpc) is 3.27. The number of carbonyl (C=O) groups is 1. The monoisotopic (exact) mass is 508 g/mol. The van der Waals surface area contributed by atoms with Gasteiger partial charge in [-0.3, -0.25) is 20.2 Å². The summed E-state index contributed by atoms with van der Waals surface area (Å²) in [5.74, 6) is 0.360. The lowest BCUT2D eigenvalue weighted by molar-refractivity contribution is -0.384. The van der Waals surface area contributed by atoms with Crippen LogP contribution in [0.4, 0.5) is 11.4 Å². The number of benzene rings is 3. The van der Waals surface area contributed by atoms with Crippen molar-refractivity contribution >= 4 is 57.3 Å². The van der Waals surface area contributed by atoms with Gasteiger partial charge in [-0.1, -0.05) is 31.5 Å². The van der Waals surface area contributed by atoms with Gasteiger partial charge in [0, 0.05) is 22.9 Å². The molecule has 4 aromatic rings. The van der Waals surface area contributed by atoms with Crippen LogP contribution in [0.5, 0.6) is 0 Å². The Kier molecular flexibility index (Phi) is 7.09. The zero-order valence-electron chi connectivity index (χ0n) is 18.9. The zero-order chi connectivity index (χ0) is 25.1. The molecule has 3 aromatic carbocycles. The molecule has 8 nitrogen and oxygen atoms in total. The number of nitro benzene ring substituents is 1. The second-order valence-corrected chi connectivity index (χ2v) is 8.78. The van der Waals surface area contributed by atoms with Crippen molar-refractivity contribution in [3.63, 3.8) is 0 Å². The number of fused-ring (bicyclic) bond motifs is 1. The number of nitro groups is 1. The van der Waals surface area contributed by atoms with E-state index < -0.39 is 10.8 Å². The molecule has 0 aliphatic carbocycles. The number of aromatic nitrogens is 1. The van der Waals surface area contributed by atoms with Crippen molar-refractivity contribution in [2.75, 3.05) is 5.32 Å². The maximum Gasteiger partial charge on any atom is 0.288 e. The Bertz CT molecular complexity index is 1440. The van der Waals surface area contributed by atoms with E-state index in [9.17, 15) is 14.9 Å². The molecular weight excluding hydrogens is 488 g/mol. The number of rotatable bonds is 6. The van der Waals surface area contributed by atoms with Gasteiger partial charge >= 0.3 is 0 Å². The third-order valence-corrected chi connectivity index (χ3v) is 6.14. The van der Waals surface area contributed by atoms with Crippen molar-refractivity contribution in [2.24, 2.45) is 0 Å². The minimum Gasteiger partial charge on any atom is -0.436 e. The first-order valence-corrected chi connectivity index (χ1v) is 11.6. The normalized spacial score (nSPS) is 11.7. The molecule has 0 radical (unpaired) electrons. The van der Waals surface area contributed by atoms with Crippen LogP contribution in [-0.2, 0) is 0 Å². The standard InChI is InChI=1S/C25H21ClN4O4S/c1-3-14(2)16-7-11-22-20(12-16)28-24(34-22)15-4-8-18(9-5-15)27-25(35)29-23(31)17-6-10-19(26)21(13-17)30(32)33/h4-14H,3H2,1-2H3,(H2,27,29,31,35)/t14-/m1/s1. The second-order valence-electron chi connectivity index (χ2n) is 7.96.